The van der Waals surface area contributed by atoms with Gasteiger partial charge in [0.15, 0.2) is 0 Å². The minimum Gasteiger partial charge on any atom is -0.354 e. The molecule has 0 aliphatic carbocycles. The number of amides is 1. The van der Waals surface area contributed by atoms with Crippen LogP contribution in [0.25, 0.3) is 0 Å². The molecular weight excluding hydrogens is 302 g/mol. The van der Waals surface area contributed by atoms with Crippen molar-refractivity contribution in [2.45, 2.75) is 32.4 Å². The molecule has 0 aromatic carbocycles. The molecule has 2 atom stereocenters. The lowest BCUT2D eigenvalue weighted by Crippen LogP contribution is -2.56. The largest absolute Gasteiger partial charge is 0.354 e. The van der Waals surface area contributed by atoms with Crippen molar-refractivity contribution in [3.63, 3.8) is 0 Å². The molecule has 0 spiro atoms. The van der Waals surface area contributed by atoms with Gasteiger partial charge in [-0.15, -0.1) is 0 Å². The highest BCUT2D eigenvalue weighted by Crippen LogP contribution is 2.13. The fourth-order valence-electron chi connectivity index (χ4n) is 3.68. The smallest absolute Gasteiger partial charge is 0.223 e. The second kappa shape index (κ2) is 7.94. The highest BCUT2D eigenvalue weighted by molar-refractivity contribution is 5.76. The lowest BCUT2D eigenvalue weighted by atomic mass is 10.1. The zero-order valence-electron chi connectivity index (χ0n) is 14.8. The summed E-state index contributed by atoms with van der Waals surface area (Å²) in [6, 6.07) is 6.82. The minimum atomic E-state index is 0.294. The van der Waals surface area contributed by atoms with E-state index >= 15 is 0 Å². The SMILES string of the molecule is C[C@@H]1CN(C(=O)CCN2CCN(c3ccccn3)CC2)C[C@@H](C)N1. The van der Waals surface area contributed by atoms with E-state index in [0.29, 0.717) is 24.4 Å². The van der Waals surface area contributed by atoms with Crippen LogP contribution in [-0.4, -0.2) is 78.6 Å². The molecule has 1 aromatic rings. The summed E-state index contributed by atoms with van der Waals surface area (Å²) in [5.41, 5.74) is 0. The van der Waals surface area contributed by atoms with E-state index < -0.39 is 0 Å². The molecule has 2 fully saturated rings. The van der Waals surface area contributed by atoms with E-state index in [1.165, 1.54) is 0 Å². The van der Waals surface area contributed by atoms with Gasteiger partial charge in [-0.3, -0.25) is 9.69 Å². The highest BCUT2D eigenvalue weighted by Gasteiger charge is 2.25. The van der Waals surface area contributed by atoms with Crippen molar-refractivity contribution in [1.82, 2.24) is 20.1 Å². The Bertz CT molecular complexity index is 519. The Labute approximate surface area is 144 Å². The van der Waals surface area contributed by atoms with E-state index in [-0.39, 0.29) is 0 Å². The maximum absolute atomic E-state index is 12.5. The number of anilines is 1. The zero-order valence-corrected chi connectivity index (χ0v) is 14.8. The van der Waals surface area contributed by atoms with Crippen LogP contribution in [0.3, 0.4) is 0 Å². The average Bonchev–Trinajstić information content (AvgIpc) is 2.60. The molecule has 6 nitrogen and oxygen atoms in total. The summed E-state index contributed by atoms with van der Waals surface area (Å²) in [6.07, 6.45) is 2.47. The Balaban J connectivity index is 1.41. The van der Waals surface area contributed by atoms with Crippen molar-refractivity contribution < 1.29 is 4.79 Å². The molecule has 2 aliphatic heterocycles. The van der Waals surface area contributed by atoms with Crippen LogP contribution in [-0.2, 0) is 4.79 Å². The van der Waals surface area contributed by atoms with Gasteiger partial charge in [0.25, 0.3) is 0 Å². The number of hydrogen-bond donors (Lipinski definition) is 1. The first-order chi connectivity index (χ1) is 11.6. The fourth-order valence-corrected chi connectivity index (χ4v) is 3.68. The van der Waals surface area contributed by atoms with Crippen LogP contribution < -0.4 is 10.2 Å². The molecule has 2 aliphatic rings. The van der Waals surface area contributed by atoms with Crippen LogP contribution in [0.1, 0.15) is 20.3 Å². The Morgan fingerprint density at radius 2 is 1.88 bits per heavy atom. The zero-order chi connectivity index (χ0) is 16.9. The Morgan fingerprint density at radius 3 is 2.50 bits per heavy atom. The first-order valence-corrected chi connectivity index (χ1v) is 9.04. The first kappa shape index (κ1) is 17.2. The lowest BCUT2D eigenvalue weighted by Gasteiger charge is -2.38. The van der Waals surface area contributed by atoms with E-state index in [4.69, 9.17) is 0 Å². The van der Waals surface area contributed by atoms with Gasteiger partial charge in [0.05, 0.1) is 0 Å². The molecule has 0 radical (unpaired) electrons. The molecule has 2 saturated heterocycles. The number of hydrogen-bond acceptors (Lipinski definition) is 5. The molecule has 3 heterocycles. The van der Waals surface area contributed by atoms with Crippen molar-refractivity contribution in [2.75, 3.05) is 50.7 Å². The fraction of sp³-hybridized carbons (Fsp3) is 0.667. The van der Waals surface area contributed by atoms with Crippen LogP contribution in [0.2, 0.25) is 0 Å². The Kier molecular flexibility index (Phi) is 5.68. The molecule has 1 N–H and O–H groups in total. The van der Waals surface area contributed by atoms with Crippen LogP contribution in [0.5, 0.6) is 0 Å². The molecule has 1 aromatic heterocycles. The van der Waals surface area contributed by atoms with E-state index in [1.807, 2.05) is 23.2 Å². The monoisotopic (exact) mass is 331 g/mol. The van der Waals surface area contributed by atoms with Crippen molar-refractivity contribution in [2.24, 2.45) is 0 Å². The quantitative estimate of drug-likeness (QED) is 0.885. The minimum absolute atomic E-state index is 0.294. The number of rotatable bonds is 4. The van der Waals surface area contributed by atoms with E-state index in [0.717, 1.165) is 51.6 Å². The van der Waals surface area contributed by atoms with Gasteiger partial charge in [0.1, 0.15) is 5.82 Å². The molecule has 0 unspecified atom stereocenters. The summed E-state index contributed by atoms with van der Waals surface area (Å²) in [5, 5.41) is 3.47. The molecule has 132 valence electrons. The number of aromatic nitrogens is 1. The third-order valence-electron chi connectivity index (χ3n) is 4.90. The van der Waals surface area contributed by atoms with Crippen molar-refractivity contribution in [3.8, 4) is 0 Å². The van der Waals surface area contributed by atoms with Gasteiger partial charge in [0, 0.05) is 70.5 Å². The van der Waals surface area contributed by atoms with Crippen molar-refractivity contribution in [1.29, 1.82) is 0 Å². The molecule has 24 heavy (non-hydrogen) atoms. The predicted octanol–water partition coefficient (Wildman–Crippen LogP) is 0.803. The van der Waals surface area contributed by atoms with Crippen LogP contribution in [0.4, 0.5) is 5.82 Å². The number of pyridine rings is 1. The second-order valence-electron chi connectivity index (χ2n) is 7.03. The van der Waals surface area contributed by atoms with Crippen LogP contribution in [0, 0.1) is 0 Å². The summed E-state index contributed by atoms with van der Waals surface area (Å²) in [4.78, 5) is 23.6. The van der Waals surface area contributed by atoms with Gasteiger partial charge in [-0.1, -0.05) is 6.07 Å². The number of nitrogens with one attached hydrogen (secondary N) is 1. The van der Waals surface area contributed by atoms with Gasteiger partial charge in [0.2, 0.25) is 5.91 Å². The topological polar surface area (TPSA) is 51.7 Å². The molecule has 0 bridgehead atoms. The normalized spacial score (nSPS) is 25.8. The van der Waals surface area contributed by atoms with Crippen molar-refractivity contribution >= 4 is 11.7 Å². The van der Waals surface area contributed by atoms with Gasteiger partial charge < -0.3 is 15.1 Å². The second-order valence-corrected chi connectivity index (χ2v) is 7.03. The van der Waals surface area contributed by atoms with Gasteiger partial charge in [-0.25, -0.2) is 4.98 Å². The van der Waals surface area contributed by atoms with Gasteiger partial charge in [-0.05, 0) is 26.0 Å². The maximum atomic E-state index is 12.5. The maximum Gasteiger partial charge on any atom is 0.223 e. The number of piperazine rings is 2. The highest BCUT2D eigenvalue weighted by atomic mass is 16.2. The molecule has 6 heteroatoms. The van der Waals surface area contributed by atoms with Crippen LogP contribution >= 0.6 is 0 Å². The number of carbonyl (C=O) groups is 1. The van der Waals surface area contributed by atoms with E-state index in [1.54, 1.807) is 0 Å². The summed E-state index contributed by atoms with van der Waals surface area (Å²) < 4.78 is 0. The Hall–Kier alpha value is -1.66. The summed E-state index contributed by atoms with van der Waals surface area (Å²) in [7, 11) is 0. The van der Waals surface area contributed by atoms with Crippen molar-refractivity contribution in [3.05, 3.63) is 24.4 Å². The summed E-state index contributed by atoms with van der Waals surface area (Å²) >= 11 is 0. The third-order valence-corrected chi connectivity index (χ3v) is 4.90. The van der Waals surface area contributed by atoms with Gasteiger partial charge >= 0.3 is 0 Å². The molecule has 1 amide bonds. The third kappa shape index (κ3) is 4.45. The standard InChI is InChI=1S/C18H29N5O/c1-15-13-23(14-16(2)20-15)18(24)6-8-21-9-11-22(12-10-21)17-5-3-4-7-19-17/h3-5,7,15-16,20H,6,8-14H2,1-2H3/t15-,16-/m1/s1. The average molecular weight is 331 g/mol. The number of carbonyl (C=O) groups excluding carboxylic acids is 1. The predicted molar refractivity (Wildman–Crippen MR) is 96.1 cm³/mol. The van der Waals surface area contributed by atoms with E-state index in [9.17, 15) is 4.79 Å². The molecule has 0 saturated carbocycles. The van der Waals surface area contributed by atoms with Crippen LogP contribution in [0.15, 0.2) is 24.4 Å². The molecular formula is C18H29N5O. The Morgan fingerprint density at radius 1 is 1.17 bits per heavy atom. The first-order valence-electron chi connectivity index (χ1n) is 9.04. The summed E-state index contributed by atoms with van der Waals surface area (Å²) in [5.74, 6) is 1.35. The lowest BCUT2D eigenvalue weighted by molar-refractivity contribution is -0.133. The molecule has 3 rings (SSSR count). The summed E-state index contributed by atoms with van der Waals surface area (Å²) in [6.45, 7) is 10.8. The number of nitrogens with zero attached hydrogens (tertiary/aromatic N) is 4. The van der Waals surface area contributed by atoms with Gasteiger partial charge in [-0.2, -0.15) is 0 Å². The van der Waals surface area contributed by atoms with E-state index in [2.05, 4.69) is 40.0 Å².